The van der Waals surface area contributed by atoms with Crippen molar-refractivity contribution in [3.05, 3.63) is 63.6 Å². The maximum absolute atomic E-state index is 11.9. The topological polar surface area (TPSA) is 41.1 Å². The first kappa shape index (κ1) is 15.9. The zero-order chi connectivity index (χ0) is 15.2. The second kappa shape index (κ2) is 7.48. The van der Waals surface area contributed by atoms with Crippen LogP contribution in [-0.2, 0) is 4.79 Å². The molecule has 1 atom stereocenters. The highest BCUT2D eigenvalue weighted by atomic mass is 79.9. The molecule has 0 aliphatic rings. The van der Waals surface area contributed by atoms with Gasteiger partial charge in [0.05, 0.1) is 12.6 Å². The Kier molecular flexibility index (Phi) is 5.65. The van der Waals surface area contributed by atoms with Gasteiger partial charge in [0.2, 0.25) is 5.91 Å². The largest absolute Gasteiger partial charge is 0.376 e. The molecule has 0 aliphatic carbocycles. The van der Waals surface area contributed by atoms with Gasteiger partial charge in [-0.15, -0.1) is 0 Å². The number of hydrogen-bond acceptors (Lipinski definition) is 2. The summed E-state index contributed by atoms with van der Waals surface area (Å²) in [6.07, 6.45) is 0. The molecule has 0 radical (unpaired) electrons. The van der Waals surface area contributed by atoms with E-state index in [9.17, 15) is 4.79 Å². The van der Waals surface area contributed by atoms with E-state index in [2.05, 4.69) is 26.6 Å². The smallest absolute Gasteiger partial charge is 0.239 e. The summed E-state index contributed by atoms with van der Waals surface area (Å²) in [6.45, 7) is 2.18. The Balaban J connectivity index is 1.83. The third kappa shape index (κ3) is 5.06. The number of amides is 1. The van der Waals surface area contributed by atoms with Crippen molar-refractivity contribution in [1.82, 2.24) is 5.32 Å². The molecule has 2 rings (SSSR count). The Hall–Kier alpha value is -1.52. The van der Waals surface area contributed by atoms with Crippen LogP contribution in [0.25, 0.3) is 0 Å². The van der Waals surface area contributed by atoms with E-state index in [4.69, 9.17) is 11.6 Å². The Morgan fingerprint density at radius 3 is 2.38 bits per heavy atom. The minimum Gasteiger partial charge on any atom is -0.376 e. The average molecular weight is 368 g/mol. The van der Waals surface area contributed by atoms with Crippen molar-refractivity contribution in [2.45, 2.75) is 13.0 Å². The molecule has 5 heteroatoms. The lowest BCUT2D eigenvalue weighted by atomic mass is 10.1. The summed E-state index contributed by atoms with van der Waals surface area (Å²) in [5.74, 6) is -0.0552. The monoisotopic (exact) mass is 366 g/mol. The molecule has 2 N–H and O–H groups in total. The summed E-state index contributed by atoms with van der Waals surface area (Å²) >= 11 is 9.22. The molecule has 0 unspecified atom stereocenters. The van der Waals surface area contributed by atoms with Crippen LogP contribution in [-0.4, -0.2) is 12.5 Å². The van der Waals surface area contributed by atoms with Crippen molar-refractivity contribution < 1.29 is 4.79 Å². The van der Waals surface area contributed by atoms with Gasteiger partial charge in [-0.05, 0) is 48.9 Å². The Morgan fingerprint density at radius 1 is 1.14 bits per heavy atom. The summed E-state index contributed by atoms with van der Waals surface area (Å²) in [5.41, 5.74) is 1.93. The van der Waals surface area contributed by atoms with E-state index in [0.717, 1.165) is 15.7 Å². The van der Waals surface area contributed by atoms with Gasteiger partial charge >= 0.3 is 0 Å². The fourth-order valence-corrected chi connectivity index (χ4v) is 2.27. The van der Waals surface area contributed by atoms with Gasteiger partial charge in [-0.2, -0.15) is 0 Å². The SMILES string of the molecule is C[C@H](NC(=O)CNc1ccc(Br)cc1)c1ccc(Cl)cc1. The molecule has 21 heavy (non-hydrogen) atoms. The fourth-order valence-electron chi connectivity index (χ4n) is 1.88. The van der Waals surface area contributed by atoms with Crippen molar-refractivity contribution in [3.8, 4) is 0 Å². The van der Waals surface area contributed by atoms with Crippen LogP contribution in [0.2, 0.25) is 5.02 Å². The van der Waals surface area contributed by atoms with Gasteiger partial charge < -0.3 is 10.6 Å². The van der Waals surface area contributed by atoms with Gasteiger partial charge in [0, 0.05) is 15.2 Å². The number of hydrogen-bond donors (Lipinski definition) is 2. The van der Waals surface area contributed by atoms with Crippen molar-refractivity contribution in [2.75, 3.05) is 11.9 Å². The highest BCUT2D eigenvalue weighted by Gasteiger charge is 2.09. The van der Waals surface area contributed by atoms with Crippen LogP contribution in [0.3, 0.4) is 0 Å². The number of anilines is 1. The van der Waals surface area contributed by atoms with Gasteiger partial charge in [0.25, 0.3) is 0 Å². The summed E-state index contributed by atoms with van der Waals surface area (Å²) in [7, 11) is 0. The summed E-state index contributed by atoms with van der Waals surface area (Å²) < 4.78 is 1.01. The van der Waals surface area contributed by atoms with Crippen LogP contribution >= 0.6 is 27.5 Å². The van der Waals surface area contributed by atoms with E-state index in [1.807, 2.05) is 55.5 Å². The van der Waals surface area contributed by atoms with Crippen LogP contribution in [0, 0.1) is 0 Å². The molecule has 0 spiro atoms. The molecule has 0 saturated carbocycles. The molecule has 0 bridgehead atoms. The lowest BCUT2D eigenvalue weighted by molar-refractivity contribution is -0.120. The van der Waals surface area contributed by atoms with Crippen LogP contribution in [0.5, 0.6) is 0 Å². The second-order valence-electron chi connectivity index (χ2n) is 4.70. The van der Waals surface area contributed by atoms with E-state index in [1.54, 1.807) is 0 Å². The number of nitrogens with one attached hydrogen (secondary N) is 2. The van der Waals surface area contributed by atoms with E-state index in [0.29, 0.717) is 5.02 Å². The predicted octanol–water partition coefficient (Wildman–Crippen LogP) is 4.39. The standard InChI is InChI=1S/C16H16BrClN2O/c1-11(12-2-6-14(18)7-3-12)20-16(21)10-19-15-8-4-13(17)5-9-15/h2-9,11,19H,10H2,1H3,(H,20,21)/t11-/m0/s1. The molecule has 0 heterocycles. The van der Waals surface area contributed by atoms with Gasteiger partial charge in [0.1, 0.15) is 0 Å². The minimum atomic E-state index is -0.0552. The third-order valence-corrected chi connectivity index (χ3v) is 3.83. The van der Waals surface area contributed by atoms with Crippen molar-refractivity contribution in [1.29, 1.82) is 0 Å². The lowest BCUT2D eigenvalue weighted by Crippen LogP contribution is -2.32. The Morgan fingerprint density at radius 2 is 1.76 bits per heavy atom. The first-order valence-electron chi connectivity index (χ1n) is 6.59. The van der Waals surface area contributed by atoms with Gasteiger partial charge in [-0.1, -0.05) is 39.7 Å². The zero-order valence-electron chi connectivity index (χ0n) is 11.6. The van der Waals surface area contributed by atoms with E-state index >= 15 is 0 Å². The summed E-state index contributed by atoms with van der Waals surface area (Å²) in [6, 6.07) is 15.1. The molecule has 1 amide bonds. The molecule has 0 saturated heterocycles. The highest BCUT2D eigenvalue weighted by Crippen LogP contribution is 2.16. The normalized spacial score (nSPS) is 11.8. The average Bonchev–Trinajstić information content (AvgIpc) is 2.47. The third-order valence-electron chi connectivity index (χ3n) is 3.04. The maximum Gasteiger partial charge on any atom is 0.239 e. The number of benzene rings is 2. The maximum atomic E-state index is 11.9. The zero-order valence-corrected chi connectivity index (χ0v) is 13.9. The van der Waals surface area contributed by atoms with Crippen LogP contribution in [0.1, 0.15) is 18.5 Å². The van der Waals surface area contributed by atoms with E-state index in [1.165, 1.54) is 0 Å². The highest BCUT2D eigenvalue weighted by molar-refractivity contribution is 9.10. The fraction of sp³-hybridized carbons (Fsp3) is 0.188. The molecule has 0 aromatic heterocycles. The summed E-state index contributed by atoms with van der Waals surface area (Å²) in [4.78, 5) is 11.9. The number of carbonyl (C=O) groups is 1. The van der Waals surface area contributed by atoms with Crippen LogP contribution < -0.4 is 10.6 Å². The van der Waals surface area contributed by atoms with E-state index < -0.39 is 0 Å². The number of halogens is 2. The first-order chi connectivity index (χ1) is 10.0. The number of carbonyl (C=O) groups excluding carboxylic acids is 1. The van der Waals surface area contributed by atoms with Crippen molar-refractivity contribution in [3.63, 3.8) is 0 Å². The Labute approximate surface area is 137 Å². The molecule has 2 aromatic carbocycles. The van der Waals surface area contributed by atoms with Crippen molar-refractivity contribution in [2.24, 2.45) is 0 Å². The minimum absolute atomic E-state index is 0.0542. The molecule has 110 valence electrons. The second-order valence-corrected chi connectivity index (χ2v) is 6.05. The first-order valence-corrected chi connectivity index (χ1v) is 7.76. The lowest BCUT2D eigenvalue weighted by Gasteiger charge is -2.15. The van der Waals surface area contributed by atoms with E-state index in [-0.39, 0.29) is 18.5 Å². The van der Waals surface area contributed by atoms with Crippen LogP contribution in [0.4, 0.5) is 5.69 Å². The Bertz CT molecular complexity index is 599. The number of rotatable bonds is 5. The molecular weight excluding hydrogens is 352 g/mol. The predicted molar refractivity (Wildman–Crippen MR) is 90.6 cm³/mol. The summed E-state index contributed by atoms with van der Waals surface area (Å²) in [5, 5.41) is 6.72. The molecule has 0 fully saturated rings. The van der Waals surface area contributed by atoms with Crippen molar-refractivity contribution >= 4 is 39.1 Å². The molecule has 2 aromatic rings. The van der Waals surface area contributed by atoms with Gasteiger partial charge in [-0.25, -0.2) is 0 Å². The molecule has 0 aliphatic heterocycles. The van der Waals surface area contributed by atoms with Gasteiger partial charge in [-0.3, -0.25) is 4.79 Å². The van der Waals surface area contributed by atoms with Crippen LogP contribution in [0.15, 0.2) is 53.0 Å². The van der Waals surface area contributed by atoms with Gasteiger partial charge in [0.15, 0.2) is 0 Å². The molecular formula is C16H16BrClN2O. The molecule has 3 nitrogen and oxygen atoms in total. The quantitative estimate of drug-likeness (QED) is 0.823.